The zero-order valence-corrected chi connectivity index (χ0v) is 14.0. The van der Waals surface area contributed by atoms with Crippen molar-refractivity contribution in [2.24, 2.45) is 0 Å². The lowest BCUT2D eigenvalue weighted by molar-refractivity contribution is -0.136. The summed E-state index contributed by atoms with van der Waals surface area (Å²) in [6.45, 7) is 1.19. The first kappa shape index (κ1) is 16.9. The maximum absolute atomic E-state index is 12.3. The SMILES string of the molecule is COc1ccc(OC2CCCN(C(=O)COc3cccnc3)C2)nn1. The molecule has 1 unspecified atom stereocenters. The Hall–Kier alpha value is -2.90. The predicted octanol–water partition coefficient (Wildman–Crippen LogP) is 1.33. The second-order valence-electron chi connectivity index (χ2n) is 5.61. The van der Waals surface area contributed by atoms with Crippen molar-refractivity contribution in [3.63, 3.8) is 0 Å². The first-order valence-electron chi connectivity index (χ1n) is 8.09. The van der Waals surface area contributed by atoms with E-state index in [2.05, 4.69) is 15.2 Å². The van der Waals surface area contributed by atoms with E-state index >= 15 is 0 Å². The highest BCUT2D eigenvalue weighted by atomic mass is 16.5. The molecule has 0 aromatic carbocycles. The van der Waals surface area contributed by atoms with E-state index in [0.29, 0.717) is 30.6 Å². The fourth-order valence-electron chi connectivity index (χ4n) is 2.58. The van der Waals surface area contributed by atoms with E-state index in [1.54, 1.807) is 41.6 Å². The van der Waals surface area contributed by atoms with Gasteiger partial charge in [0.2, 0.25) is 11.8 Å². The van der Waals surface area contributed by atoms with Gasteiger partial charge in [-0.2, -0.15) is 0 Å². The number of rotatable bonds is 6. The van der Waals surface area contributed by atoms with Crippen LogP contribution in [0.1, 0.15) is 12.8 Å². The Morgan fingerprint density at radius 3 is 2.84 bits per heavy atom. The second-order valence-corrected chi connectivity index (χ2v) is 5.61. The molecule has 0 saturated carbocycles. The summed E-state index contributed by atoms with van der Waals surface area (Å²) in [6, 6.07) is 6.93. The Kier molecular flexibility index (Phi) is 5.61. The second kappa shape index (κ2) is 8.27. The Balaban J connectivity index is 1.50. The molecule has 0 bridgehead atoms. The minimum absolute atomic E-state index is 0.0131. The van der Waals surface area contributed by atoms with E-state index in [9.17, 15) is 4.79 Å². The maximum Gasteiger partial charge on any atom is 0.260 e. The monoisotopic (exact) mass is 344 g/mol. The Morgan fingerprint density at radius 1 is 1.28 bits per heavy atom. The molecule has 2 aromatic heterocycles. The van der Waals surface area contributed by atoms with Gasteiger partial charge in [0.15, 0.2) is 6.61 Å². The number of methoxy groups -OCH3 is 1. The zero-order valence-electron chi connectivity index (χ0n) is 14.0. The summed E-state index contributed by atoms with van der Waals surface area (Å²) in [6.07, 6.45) is 4.85. The highest BCUT2D eigenvalue weighted by molar-refractivity contribution is 5.77. The van der Waals surface area contributed by atoms with Gasteiger partial charge < -0.3 is 19.1 Å². The summed E-state index contributed by atoms with van der Waals surface area (Å²) in [7, 11) is 1.53. The molecule has 0 spiro atoms. The lowest BCUT2D eigenvalue weighted by Crippen LogP contribution is -2.46. The topological polar surface area (TPSA) is 86.7 Å². The summed E-state index contributed by atoms with van der Waals surface area (Å²) >= 11 is 0. The van der Waals surface area contributed by atoms with Gasteiger partial charge in [-0.3, -0.25) is 9.78 Å². The van der Waals surface area contributed by atoms with Crippen molar-refractivity contribution in [3.05, 3.63) is 36.7 Å². The maximum atomic E-state index is 12.3. The molecule has 25 heavy (non-hydrogen) atoms. The van der Waals surface area contributed by atoms with Crippen LogP contribution in [0, 0.1) is 0 Å². The van der Waals surface area contributed by atoms with E-state index in [0.717, 1.165) is 12.8 Å². The van der Waals surface area contributed by atoms with E-state index in [1.165, 1.54) is 7.11 Å². The number of aromatic nitrogens is 3. The summed E-state index contributed by atoms with van der Waals surface area (Å²) < 4.78 is 16.3. The Labute approximate surface area is 145 Å². The molecule has 1 amide bonds. The summed E-state index contributed by atoms with van der Waals surface area (Å²) in [5.74, 6) is 1.36. The van der Waals surface area contributed by atoms with Crippen LogP contribution < -0.4 is 14.2 Å². The third-order valence-corrected chi connectivity index (χ3v) is 3.84. The molecule has 8 nitrogen and oxygen atoms in total. The average Bonchev–Trinajstić information content (AvgIpc) is 2.68. The Bertz CT molecular complexity index is 681. The van der Waals surface area contributed by atoms with Gasteiger partial charge in [-0.1, -0.05) is 0 Å². The van der Waals surface area contributed by atoms with Crippen LogP contribution in [0.5, 0.6) is 17.5 Å². The van der Waals surface area contributed by atoms with Crippen molar-refractivity contribution >= 4 is 5.91 Å². The van der Waals surface area contributed by atoms with Gasteiger partial charge in [-0.25, -0.2) is 0 Å². The molecule has 0 N–H and O–H groups in total. The molecule has 1 aliphatic heterocycles. The molecule has 1 atom stereocenters. The van der Waals surface area contributed by atoms with Gasteiger partial charge in [0, 0.05) is 24.9 Å². The standard InChI is InChI=1S/C17H20N4O4/c1-23-15-6-7-16(20-19-15)25-14-5-3-9-21(11-14)17(22)12-24-13-4-2-8-18-10-13/h2,4,6-8,10,14H,3,5,9,11-12H2,1H3. The van der Waals surface area contributed by atoms with E-state index in [4.69, 9.17) is 14.2 Å². The number of carbonyl (C=O) groups excluding carboxylic acids is 1. The third kappa shape index (κ3) is 4.79. The Morgan fingerprint density at radius 2 is 2.12 bits per heavy atom. The molecule has 1 aliphatic rings. The molecule has 132 valence electrons. The first-order chi connectivity index (χ1) is 12.2. The van der Waals surface area contributed by atoms with Crippen molar-refractivity contribution in [1.82, 2.24) is 20.1 Å². The van der Waals surface area contributed by atoms with Crippen LogP contribution in [0.25, 0.3) is 0 Å². The van der Waals surface area contributed by atoms with Crippen LogP contribution in [0.4, 0.5) is 0 Å². The average molecular weight is 344 g/mol. The fourth-order valence-corrected chi connectivity index (χ4v) is 2.58. The smallest absolute Gasteiger partial charge is 0.260 e. The number of amides is 1. The number of ether oxygens (including phenoxy) is 3. The molecular weight excluding hydrogens is 324 g/mol. The number of nitrogens with zero attached hydrogens (tertiary/aromatic N) is 4. The molecule has 1 saturated heterocycles. The number of likely N-dealkylation sites (tertiary alicyclic amines) is 1. The molecule has 2 aromatic rings. The minimum atomic E-state index is -0.112. The van der Waals surface area contributed by atoms with Crippen LogP contribution >= 0.6 is 0 Å². The van der Waals surface area contributed by atoms with E-state index in [-0.39, 0.29) is 18.6 Å². The molecule has 0 aliphatic carbocycles. The van der Waals surface area contributed by atoms with Crippen molar-refractivity contribution in [2.45, 2.75) is 18.9 Å². The van der Waals surface area contributed by atoms with Crippen LogP contribution in [-0.4, -0.2) is 58.9 Å². The predicted molar refractivity (Wildman–Crippen MR) is 88.5 cm³/mol. The number of carbonyl (C=O) groups is 1. The van der Waals surface area contributed by atoms with Gasteiger partial charge in [0.05, 0.1) is 19.9 Å². The lowest BCUT2D eigenvalue weighted by atomic mass is 10.1. The van der Waals surface area contributed by atoms with Crippen molar-refractivity contribution in [1.29, 1.82) is 0 Å². The molecule has 8 heteroatoms. The van der Waals surface area contributed by atoms with Gasteiger partial charge in [0.25, 0.3) is 5.91 Å². The van der Waals surface area contributed by atoms with Crippen molar-refractivity contribution in [3.8, 4) is 17.5 Å². The number of hydrogen-bond donors (Lipinski definition) is 0. The van der Waals surface area contributed by atoms with Gasteiger partial charge in [-0.05, 0) is 25.0 Å². The minimum Gasteiger partial charge on any atom is -0.482 e. The first-order valence-corrected chi connectivity index (χ1v) is 8.09. The molecule has 3 rings (SSSR count). The van der Waals surface area contributed by atoms with Gasteiger partial charge in [-0.15, -0.1) is 10.2 Å². The summed E-state index contributed by atoms with van der Waals surface area (Å²) in [4.78, 5) is 18.0. The molecule has 0 radical (unpaired) electrons. The lowest BCUT2D eigenvalue weighted by Gasteiger charge is -2.32. The quantitative estimate of drug-likeness (QED) is 0.781. The van der Waals surface area contributed by atoms with Gasteiger partial charge >= 0.3 is 0 Å². The highest BCUT2D eigenvalue weighted by Crippen LogP contribution is 2.18. The van der Waals surface area contributed by atoms with Crippen LogP contribution in [0.3, 0.4) is 0 Å². The number of piperidine rings is 1. The van der Waals surface area contributed by atoms with E-state index in [1.807, 2.05) is 0 Å². The van der Waals surface area contributed by atoms with Crippen LogP contribution in [0.2, 0.25) is 0 Å². The van der Waals surface area contributed by atoms with Crippen molar-refractivity contribution in [2.75, 3.05) is 26.8 Å². The molecule has 3 heterocycles. The number of hydrogen-bond acceptors (Lipinski definition) is 7. The van der Waals surface area contributed by atoms with Gasteiger partial charge in [0.1, 0.15) is 11.9 Å². The molecule has 1 fully saturated rings. The summed E-state index contributed by atoms with van der Waals surface area (Å²) in [5.41, 5.74) is 0. The van der Waals surface area contributed by atoms with Crippen molar-refractivity contribution < 1.29 is 19.0 Å². The molecular formula is C17H20N4O4. The summed E-state index contributed by atoms with van der Waals surface area (Å²) in [5, 5.41) is 7.83. The van der Waals surface area contributed by atoms with E-state index < -0.39 is 0 Å². The largest absolute Gasteiger partial charge is 0.482 e. The van der Waals surface area contributed by atoms with Crippen LogP contribution in [-0.2, 0) is 4.79 Å². The van der Waals surface area contributed by atoms with Crippen LogP contribution in [0.15, 0.2) is 36.7 Å². The normalized spacial score (nSPS) is 17.0. The number of pyridine rings is 1. The highest BCUT2D eigenvalue weighted by Gasteiger charge is 2.25. The third-order valence-electron chi connectivity index (χ3n) is 3.84. The zero-order chi connectivity index (χ0) is 17.5. The fraction of sp³-hybridized carbons (Fsp3) is 0.412.